The summed E-state index contributed by atoms with van der Waals surface area (Å²) < 4.78 is 5.80. The van der Waals surface area contributed by atoms with E-state index in [0.717, 1.165) is 12.6 Å². The fourth-order valence-electron chi connectivity index (χ4n) is 2.33. The molecule has 0 aromatic heterocycles. The lowest BCUT2D eigenvalue weighted by atomic mass is 9.99. The molecule has 8 nitrogen and oxygen atoms in total. The second-order valence-corrected chi connectivity index (χ2v) is 7.00. The molecule has 0 saturated heterocycles. The van der Waals surface area contributed by atoms with E-state index < -0.39 is 22.3 Å². The van der Waals surface area contributed by atoms with E-state index in [4.69, 9.17) is 4.74 Å². The number of rotatable bonds is 8. The number of phenolic OH excluding ortho intramolecular Hbond substituents is 1. The molecule has 9 heteroatoms. The van der Waals surface area contributed by atoms with Crippen LogP contribution in [0.2, 0.25) is 0 Å². The number of aromatic hydroxyl groups is 1. The molecule has 1 atom stereocenters. The Morgan fingerprint density at radius 1 is 1.39 bits per heavy atom. The predicted molar refractivity (Wildman–Crippen MR) is 109 cm³/mol. The maximum Gasteiger partial charge on any atom is 0.312 e. The van der Waals surface area contributed by atoms with Gasteiger partial charge in [-0.25, -0.2) is 5.43 Å². The van der Waals surface area contributed by atoms with Crippen LogP contribution in [0, 0.1) is 10.1 Å². The van der Waals surface area contributed by atoms with Gasteiger partial charge in [0.1, 0.15) is 5.75 Å². The Hall–Kier alpha value is -2.94. The average Bonchev–Trinajstić information content (AvgIpc) is 2.68. The molecule has 0 fully saturated rings. The lowest BCUT2D eigenvalue weighted by Crippen LogP contribution is -2.24. The van der Waals surface area contributed by atoms with Gasteiger partial charge >= 0.3 is 5.69 Å². The van der Waals surface area contributed by atoms with Crippen molar-refractivity contribution in [2.45, 2.75) is 26.2 Å². The molecule has 2 aromatic rings. The van der Waals surface area contributed by atoms with Crippen molar-refractivity contribution in [2.75, 3.05) is 6.61 Å². The third kappa shape index (κ3) is 5.78. The number of hydrogen-bond donors (Lipinski definition) is 2. The number of benzene rings is 2. The van der Waals surface area contributed by atoms with Crippen molar-refractivity contribution in [3.05, 3.63) is 62.1 Å². The minimum atomic E-state index is -0.712. The van der Waals surface area contributed by atoms with Crippen LogP contribution in [-0.2, 0) is 4.79 Å². The largest absolute Gasteiger partial charge is 0.502 e. The van der Waals surface area contributed by atoms with Crippen LogP contribution in [0.4, 0.5) is 5.69 Å². The highest BCUT2D eigenvalue weighted by atomic mass is 79.9. The molecule has 0 aliphatic carbocycles. The maximum absolute atomic E-state index is 11.8. The number of phenols is 1. The summed E-state index contributed by atoms with van der Waals surface area (Å²) in [5.74, 6) is -0.0292. The Labute approximate surface area is 170 Å². The van der Waals surface area contributed by atoms with Gasteiger partial charge in [-0.15, -0.1) is 0 Å². The van der Waals surface area contributed by atoms with E-state index in [1.807, 2.05) is 12.1 Å². The molecule has 0 aliphatic heterocycles. The normalized spacial score (nSPS) is 12.0. The van der Waals surface area contributed by atoms with Crippen molar-refractivity contribution in [3.63, 3.8) is 0 Å². The fraction of sp³-hybridized carbons (Fsp3) is 0.263. The standard InChI is InChI=1S/C19H20BrN3O5/c1-3-12(2)13-4-6-16(7-5-13)28-11-18(24)22-21-10-14-8-15(20)9-17(19(14)25)23(26)27/h4-10,12,25H,3,11H2,1-2H3,(H,22,24)/b21-10-/t12-/m0/s1. The van der Waals surface area contributed by atoms with Crippen molar-refractivity contribution in [3.8, 4) is 11.5 Å². The minimum absolute atomic E-state index is 0.0860. The summed E-state index contributed by atoms with van der Waals surface area (Å²) in [5, 5.41) is 24.5. The molecule has 0 aliphatic rings. The van der Waals surface area contributed by atoms with Crippen molar-refractivity contribution in [2.24, 2.45) is 5.10 Å². The second-order valence-electron chi connectivity index (χ2n) is 6.08. The summed E-state index contributed by atoms with van der Waals surface area (Å²) in [6.45, 7) is 4.01. The summed E-state index contributed by atoms with van der Waals surface area (Å²) in [6, 6.07) is 10.1. The number of carbonyl (C=O) groups excluding carboxylic acids is 1. The van der Waals surface area contributed by atoms with Crippen LogP contribution in [0.25, 0.3) is 0 Å². The Morgan fingerprint density at radius 3 is 2.68 bits per heavy atom. The van der Waals surface area contributed by atoms with E-state index >= 15 is 0 Å². The second kappa shape index (κ2) is 9.84. The van der Waals surface area contributed by atoms with Crippen LogP contribution < -0.4 is 10.2 Å². The number of hydrazone groups is 1. The van der Waals surface area contributed by atoms with Crippen LogP contribution in [0.15, 0.2) is 46.0 Å². The molecule has 0 spiro atoms. The Kier molecular flexibility index (Phi) is 7.51. The van der Waals surface area contributed by atoms with Crippen molar-refractivity contribution >= 4 is 33.7 Å². The van der Waals surface area contributed by atoms with Gasteiger partial charge in [0.05, 0.1) is 11.1 Å². The van der Waals surface area contributed by atoms with Gasteiger partial charge in [0.25, 0.3) is 5.91 Å². The summed E-state index contributed by atoms with van der Waals surface area (Å²) in [6.07, 6.45) is 2.16. The Morgan fingerprint density at radius 2 is 2.07 bits per heavy atom. The lowest BCUT2D eigenvalue weighted by molar-refractivity contribution is -0.385. The maximum atomic E-state index is 11.8. The van der Waals surface area contributed by atoms with Gasteiger partial charge in [0, 0.05) is 16.1 Å². The first-order valence-corrected chi connectivity index (χ1v) is 9.32. The third-order valence-electron chi connectivity index (χ3n) is 4.11. The first-order valence-electron chi connectivity index (χ1n) is 8.53. The molecule has 2 aromatic carbocycles. The zero-order valence-electron chi connectivity index (χ0n) is 15.4. The fourth-order valence-corrected chi connectivity index (χ4v) is 2.79. The third-order valence-corrected chi connectivity index (χ3v) is 4.56. The highest BCUT2D eigenvalue weighted by Gasteiger charge is 2.17. The number of halogens is 1. The molecule has 2 rings (SSSR count). The number of ether oxygens (including phenoxy) is 1. The molecule has 0 radical (unpaired) electrons. The van der Waals surface area contributed by atoms with Gasteiger partial charge in [-0.3, -0.25) is 14.9 Å². The van der Waals surface area contributed by atoms with Gasteiger partial charge in [0.15, 0.2) is 6.61 Å². The molecule has 0 heterocycles. The summed E-state index contributed by atoms with van der Waals surface area (Å²) in [4.78, 5) is 22.0. The van der Waals surface area contributed by atoms with E-state index in [0.29, 0.717) is 16.1 Å². The summed E-state index contributed by atoms with van der Waals surface area (Å²) >= 11 is 3.12. The smallest absolute Gasteiger partial charge is 0.312 e. The van der Waals surface area contributed by atoms with Gasteiger partial charge in [-0.1, -0.05) is 41.9 Å². The van der Waals surface area contributed by atoms with Crippen LogP contribution in [0.1, 0.15) is 37.3 Å². The predicted octanol–water partition coefficient (Wildman–Crippen LogP) is 4.11. The quantitative estimate of drug-likeness (QED) is 0.357. The van der Waals surface area contributed by atoms with Crippen LogP contribution in [0.3, 0.4) is 0 Å². The summed E-state index contributed by atoms with van der Waals surface area (Å²) in [7, 11) is 0. The van der Waals surface area contributed by atoms with Gasteiger partial charge in [-0.05, 0) is 36.1 Å². The van der Waals surface area contributed by atoms with E-state index in [1.54, 1.807) is 12.1 Å². The van der Waals surface area contributed by atoms with Gasteiger partial charge in [0.2, 0.25) is 5.75 Å². The van der Waals surface area contributed by atoms with Crippen molar-refractivity contribution in [1.82, 2.24) is 5.43 Å². The van der Waals surface area contributed by atoms with Crippen molar-refractivity contribution < 1.29 is 19.6 Å². The number of hydrogen-bond acceptors (Lipinski definition) is 6. The monoisotopic (exact) mass is 449 g/mol. The Bertz CT molecular complexity index is 884. The SMILES string of the molecule is CC[C@H](C)c1ccc(OCC(=O)N/N=C\c2cc(Br)cc([N+](=O)[O-])c2O)cc1. The number of carbonyl (C=O) groups is 1. The average molecular weight is 450 g/mol. The zero-order chi connectivity index (χ0) is 20.7. The lowest BCUT2D eigenvalue weighted by Gasteiger charge is -2.10. The Balaban J connectivity index is 1.91. The first kappa shape index (κ1) is 21.4. The van der Waals surface area contributed by atoms with E-state index in [-0.39, 0.29) is 12.2 Å². The zero-order valence-corrected chi connectivity index (χ0v) is 17.0. The molecule has 1 amide bonds. The summed E-state index contributed by atoms with van der Waals surface area (Å²) in [5.41, 5.74) is 3.07. The molecular weight excluding hydrogens is 430 g/mol. The molecular formula is C19H20BrN3O5. The topological polar surface area (TPSA) is 114 Å². The van der Waals surface area contributed by atoms with Crippen LogP contribution in [-0.4, -0.2) is 28.8 Å². The van der Waals surface area contributed by atoms with Gasteiger partial charge < -0.3 is 9.84 Å². The van der Waals surface area contributed by atoms with Crippen LogP contribution in [0.5, 0.6) is 11.5 Å². The number of nitrogens with one attached hydrogen (secondary N) is 1. The highest BCUT2D eigenvalue weighted by molar-refractivity contribution is 9.10. The van der Waals surface area contributed by atoms with E-state index in [1.165, 1.54) is 17.7 Å². The highest BCUT2D eigenvalue weighted by Crippen LogP contribution is 2.32. The van der Waals surface area contributed by atoms with Crippen molar-refractivity contribution in [1.29, 1.82) is 0 Å². The number of nitrogens with zero attached hydrogens (tertiary/aromatic N) is 2. The van der Waals surface area contributed by atoms with Gasteiger partial charge in [-0.2, -0.15) is 5.10 Å². The molecule has 0 bridgehead atoms. The molecule has 2 N–H and O–H groups in total. The van der Waals surface area contributed by atoms with Crippen LogP contribution >= 0.6 is 15.9 Å². The number of nitro benzene ring substituents is 1. The molecule has 0 saturated carbocycles. The van der Waals surface area contributed by atoms with E-state index in [2.05, 4.69) is 40.3 Å². The van der Waals surface area contributed by atoms with E-state index in [9.17, 15) is 20.0 Å². The number of nitro groups is 1. The molecule has 28 heavy (non-hydrogen) atoms. The molecule has 0 unspecified atom stereocenters. The first-order chi connectivity index (χ1) is 13.3. The molecule has 148 valence electrons. The number of amides is 1. The minimum Gasteiger partial charge on any atom is -0.502 e.